The summed E-state index contributed by atoms with van der Waals surface area (Å²) < 4.78 is 1.83. The van der Waals surface area contributed by atoms with Crippen molar-refractivity contribution in [3.05, 3.63) is 39.3 Å². The largest absolute Gasteiger partial charge is 0.399 e. The Bertz CT molecular complexity index is 552. The van der Waals surface area contributed by atoms with Crippen LogP contribution < -0.4 is 10.6 Å². The summed E-state index contributed by atoms with van der Waals surface area (Å²) in [6, 6.07) is 7.62. The minimum absolute atomic E-state index is 0.102. The van der Waals surface area contributed by atoms with Crippen LogP contribution in [0.15, 0.2) is 34.4 Å². The van der Waals surface area contributed by atoms with Gasteiger partial charge in [0.2, 0.25) is 0 Å². The van der Waals surface area contributed by atoms with Crippen LogP contribution in [0.3, 0.4) is 0 Å². The van der Waals surface area contributed by atoms with Crippen molar-refractivity contribution in [3.8, 4) is 11.3 Å². The highest BCUT2D eigenvalue weighted by molar-refractivity contribution is 7.07. The third-order valence-electron chi connectivity index (χ3n) is 2.54. The molecule has 0 fully saturated rings. The highest BCUT2D eigenvalue weighted by Gasteiger charge is 2.09. The fraction of sp³-hybridized carbons (Fsp3) is 0.308. The second-order valence-electron chi connectivity index (χ2n) is 4.51. The fourth-order valence-electron chi connectivity index (χ4n) is 1.75. The predicted molar refractivity (Wildman–Crippen MR) is 73.3 cm³/mol. The van der Waals surface area contributed by atoms with Crippen molar-refractivity contribution in [3.63, 3.8) is 0 Å². The summed E-state index contributed by atoms with van der Waals surface area (Å²) in [4.78, 5) is 11.9. The molecule has 0 aliphatic rings. The summed E-state index contributed by atoms with van der Waals surface area (Å²) in [5, 5.41) is 1.91. The van der Waals surface area contributed by atoms with Gasteiger partial charge in [-0.05, 0) is 23.6 Å². The van der Waals surface area contributed by atoms with E-state index in [1.807, 2.05) is 34.2 Å². The molecule has 2 rings (SSSR count). The Labute approximate surface area is 105 Å². The summed E-state index contributed by atoms with van der Waals surface area (Å²) in [6.45, 7) is 4.97. The number of hydrogen-bond donors (Lipinski definition) is 1. The Morgan fingerprint density at radius 3 is 2.53 bits per heavy atom. The van der Waals surface area contributed by atoms with Crippen molar-refractivity contribution in [2.75, 3.05) is 5.73 Å². The first-order valence-electron chi connectivity index (χ1n) is 5.62. The van der Waals surface area contributed by atoms with Crippen LogP contribution in [0.2, 0.25) is 0 Å². The summed E-state index contributed by atoms with van der Waals surface area (Å²) >= 11 is 1.25. The van der Waals surface area contributed by atoms with E-state index in [2.05, 4.69) is 13.8 Å². The van der Waals surface area contributed by atoms with Crippen LogP contribution in [0, 0.1) is 5.92 Å². The number of benzene rings is 1. The van der Waals surface area contributed by atoms with Gasteiger partial charge in [-0.2, -0.15) is 0 Å². The number of nitrogens with zero attached hydrogens (tertiary/aromatic N) is 1. The Hall–Kier alpha value is -1.55. The van der Waals surface area contributed by atoms with Gasteiger partial charge in [0.15, 0.2) is 0 Å². The summed E-state index contributed by atoms with van der Waals surface area (Å²) in [5.74, 6) is 0.454. The minimum Gasteiger partial charge on any atom is -0.399 e. The van der Waals surface area contributed by atoms with Gasteiger partial charge in [-0.15, -0.1) is 0 Å². The second kappa shape index (κ2) is 4.75. The minimum atomic E-state index is 0.102. The van der Waals surface area contributed by atoms with Gasteiger partial charge in [0.25, 0.3) is 0 Å². The van der Waals surface area contributed by atoms with Gasteiger partial charge in [0.05, 0.1) is 5.69 Å². The maximum absolute atomic E-state index is 11.8. The molecule has 0 aliphatic carbocycles. The third kappa shape index (κ3) is 2.58. The normalized spacial score (nSPS) is 11.0. The van der Waals surface area contributed by atoms with Crippen LogP contribution in [0.5, 0.6) is 0 Å². The lowest BCUT2D eigenvalue weighted by Crippen LogP contribution is -2.17. The first-order chi connectivity index (χ1) is 8.08. The highest BCUT2D eigenvalue weighted by Crippen LogP contribution is 2.21. The van der Waals surface area contributed by atoms with E-state index in [1.54, 1.807) is 0 Å². The molecule has 2 N–H and O–H groups in total. The van der Waals surface area contributed by atoms with E-state index in [-0.39, 0.29) is 4.87 Å². The molecule has 0 bridgehead atoms. The molecule has 90 valence electrons. The Morgan fingerprint density at radius 2 is 1.94 bits per heavy atom. The van der Waals surface area contributed by atoms with Gasteiger partial charge >= 0.3 is 4.87 Å². The Kier molecular flexibility index (Phi) is 3.33. The molecule has 0 atom stereocenters. The maximum atomic E-state index is 11.8. The maximum Gasteiger partial charge on any atom is 0.307 e. The Balaban J connectivity index is 2.45. The Morgan fingerprint density at radius 1 is 1.29 bits per heavy atom. The van der Waals surface area contributed by atoms with Crippen molar-refractivity contribution >= 4 is 17.0 Å². The summed E-state index contributed by atoms with van der Waals surface area (Å²) in [7, 11) is 0. The summed E-state index contributed by atoms with van der Waals surface area (Å²) in [6.07, 6.45) is 0. The standard InChI is InChI=1S/C13H16N2OS/c1-9(2)7-15-12(8-17-13(15)16)10-3-5-11(14)6-4-10/h3-6,8-9H,7,14H2,1-2H3. The number of aromatic nitrogens is 1. The van der Waals surface area contributed by atoms with E-state index >= 15 is 0 Å². The number of rotatable bonds is 3. The zero-order valence-corrected chi connectivity index (χ0v) is 10.8. The molecule has 1 aromatic heterocycles. The fourth-order valence-corrected chi connectivity index (χ4v) is 2.52. The zero-order chi connectivity index (χ0) is 12.4. The van der Waals surface area contributed by atoms with Crippen molar-refractivity contribution < 1.29 is 0 Å². The average Bonchev–Trinajstić information content (AvgIpc) is 2.61. The summed E-state index contributed by atoms with van der Waals surface area (Å²) in [5.41, 5.74) is 8.42. The molecule has 0 aliphatic heterocycles. The number of thiazole rings is 1. The second-order valence-corrected chi connectivity index (χ2v) is 5.33. The third-order valence-corrected chi connectivity index (χ3v) is 3.30. The molecule has 4 heteroatoms. The van der Waals surface area contributed by atoms with E-state index in [1.165, 1.54) is 11.3 Å². The van der Waals surface area contributed by atoms with Crippen LogP contribution in [-0.2, 0) is 6.54 Å². The smallest absolute Gasteiger partial charge is 0.307 e. The van der Waals surface area contributed by atoms with Gasteiger partial charge in [0, 0.05) is 17.6 Å². The quantitative estimate of drug-likeness (QED) is 0.849. The lowest BCUT2D eigenvalue weighted by atomic mass is 10.1. The van der Waals surface area contributed by atoms with Gasteiger partial charge in [-0.3, -0.25) is 9.36 Å². The van der Waals surface area contributed by atoms with Crippen LogP contribution in [0.4, 0.5) is 5.69 Å². The molecular formula is C13H16N2OS. The van der Waals surface area contributed by atoms with Crippen molar-refractivity contribution in [1.29, 1.82) is 0 Å². The van der Waals surface area contributed by atoms with E-state index in [4.69, 9.17) is 5.73 Å². The van der Waals surface area contributed by atoms with E-state index < -0.39 is 0 Å². The number of anilines is 1. The van der Waals surface area contributed by atoms with E-state index in [0.29, 0.717) is 5.92 Å². The number of nitrogen functional groups attached to an aromatic ring is 1. The van der Waals surface area contributed by atoms with Gasteiger partial charge in [0.1, 0.15) is 0 Å². The average molecular weight is 248 g/mol. The van der Waals surface area contributed by atoms with Crippen LogP contribution in [-0.4, -0.2) is 4.57 Å². The molecule has 0 unspecified atom stereocenters. The molecule has 0 spiro atoms. The molecule has 17 heavy (non-hydrogen) atoms. The van der Waals surface area contributed by atoms with E-state index in [9.17, 15) is 4.79 Å². The predicted octanol–water partition coefficient (Wildman–Crippen LogP) is 2.82. The first kappa shape index (κ1) is 11.9. The molecule has 1 heterocycles. The molecule has 0 saturated carbocycles. The van der Waals surface area contributed by atoms with Crippen molar-refractivity contribution in [2.45, 2.75) is 20.4 Å². The number of hydrogen-bond acceptors (Lipinski definition) is 3. The lowest BCUT2D eigenvalue weighted by molar-refractivity contribution is 0.521. The molecule has 0 saturated heterocycles. The highest BCUT2D eigenvalue weighted by atomic mass is 32.1. The van der Waals surface area contributed by atoms with Crippen LogP contribution in [0.1, 0.15) is 13.8 Å². The molecule has 2 aromatic rings. The molecule has 1 aromatic carbocycles. The van der Waals surface area contributed by atoms with Crippen LogP contribution in [0.25, 0.3) is 11.3 Å². The zero-order valence-electron chi connectivity index (χ0n) is 10.0. The van der Waals surface area contributed by atoms with Crippen LogP contribution >= 0.6 is 11.3 Å². The van der Waals surface area contributed by atoms with Gasteiger partial charge < -0.3 is 5.73 Å². The topological polar surface area (TPSA) is 48.0 Å². The molecule has 3 nitrogen and oxygen atoms in total. The number of nitrogens with two attached hydrogens (primary N) is 1. The van der Waals surface area contributed by atoms with Gasteiger partial charge in [-0.1, -0.05) is 37.3 Å². The molecule has 0 radical (unpaired) electrons. The lowest BCUT2D eigenvalue weighted by Gasteiger charge is -2.10. The monoisotopic (exact) mass is 248 g/mol. The first-order valence-corrected chi connectivity index (χ1v) is 6.50. The van der Waals surface area contributed by atoms with Crippen molar-refractivity contribution in [1.82, 2.24) is 4.57 Å². The molecule has 0 amide bonds. The van der Waals surface area contributed by atoms with E-state index in [0.717, 1.165) is 23.5 Å². The molecular weight excluding hydrogens is 232 g/mol. The van der Waals surface area contributed by atoms with Gasteiger partial charge in [-0.25, -0.2) is 0 Å². The SMILES string of the molecule is CC(C)Cn1c(-c2ccc(N)cc2)csc1=O. The van der Waals surface area contributed by atoms with Crippen molar-refractivity contribution in [2.24, 2.45) is 5.92 Å².